The summed E-state index contributed by atoms with van der Waals surface area (Å²) in [5, 5.41) is 9.27. The summed E-state index contributed by atoms with van der Waals surface area (Å²) in [6.07, 6.45) is -4.70. The van der Waals surface area contributed by atoms with E-state index in [2.05, 4.69) is 20.7 Å². The summed E-state index contributed by atoms with van der Waals surface area (Å²) in [4.78, 5) is 16.8. The molecule has 0 fully saturated rings. The summed E-state index contributed by atoms with van der Waals surface area (Å²) >= 11 is 0. The van der Waals surface area contributed by atoms with E-state index in [1.54, 1.807) is 49.4 Å². The highest BCUT2D eigenvalue weighted by Gasteiger charge is 2.41. The maximum Gasteiger partial charge on any atom is 0.453 e. The van der Waals surface area contributed by atoms with E-state index >= 15 is 0 Å². The number of anilines is 2. The van der Waals surface area contributed by atoms with Gasteiger partial charge in [0.2, 0.25) is 5.95 Å². The number of carbonyl (C=O) groups is 1. The van der Waals surface area contributed by atoms with E-state index in [0.717, 1.165) is 10.2 Å². The number of nitrogens with one attached hydrogen (secondary N) is 2. The van der Waals surface area contributed by atoms with Gasteiger partial charge in [-0.2, -0.15) is 18.2 Å². The van der Waals surface area contributed by atoms with Crippen molar-refractivity contribution in [3.8, 4) is 0 Å². The number of rotatable bonds is 3. The van der Waals surface area contributed by atoms with Crippen molar-refractivity contribution in [3.63, 3.8) is 0 Å². The highest BCUT2D eigenvalue weighted by molar-refractivity contribution is 6.06. The van der Waals surface area contributed by atoms with Crippen LogP contribution in [0.3, 0.4) is 0 Å². The molecule has 0 saturated carbocycles. The van der Waals surface area contributed by atoms with Gasteiger partial charge >= 0.3 is 6.18 Å². The van der Waals surface area contributed by atoms with Crippen LogP contribution in [0.5, 0.6) is 0 Å². The number of alkyl halides is 3. The molecule has 0 saturated heterocycles. The van der Waals surface area contributed by atoms with Gasteiger partial charge in [-0.1, -0.05) is 48.0 Å². The molecule has 2 aromatic carbocycles. The van der Waals surface area contributed by atoms with Crippen LogP contribution in [-0.2, 0) is 11.0 Å². The van der Waals surface area contributed by atoms with E-state index in [1.165, 1.54) is 0 Å². The molecule has 9 heteroatoms. The van der Waals surface area contributed by atoms with Crippen LogP contribution in [0.1, 0.15) is 29.9 Å². The first kappa shape index (κ1) is 19.7. The van der Waals surface area contributed by atoms with Crippen molar-refractivity contribution >= 4 is 17.5 Å². The maximum atomic E-state index is 13.2. The Morgan fingerprint density at radius 2 is 1.73 bits per heavy atom. The van der Waals surface area contributed by atoms with Gasteiger partial charge in [0.05, 0.1) is 5.57 Å². The minimum atomic E-state index is -4.70. The second kappa shape index (κ2) is 7.33. The van der Waals surface area contributed by atoms with Gasteiger partial charge in [-0.15, -0.1) is 5.10 Å². The van der Waals surface area contributed by atoms with E-state index in [0.29, 0.717) is 16.9 Å². The summed E-state index contributed by atoms with van der Waals surface area (Å²) in [7, 11) is 0. The standard InChI is InChI=1S/C21H18F3N5O/c1-12-8-10-15(11-9-12)26-18(30)16-13(2)25-20-27-19(21(22,23)24)28-29(20)17(16)14-6-4-3-5-7-14/h3-11,17H,1-2H3,(H,26,30)(H,25,27,28). The monoisotopic (exact) mass is 413 g/mol. The molecule has 0 spiro atoms. The van der Waals surface area contributed by atoms with E-state index < -0.39 is 23.9 Å². The summed E-state index contributed by atoms with van der Waals surface area (Å²) in [5.74, 6) is -1.77. The van der Waals surface area contributed by atoms with E-state index in [9.17, 15) is 18.0 Å². The van der Waals surface area contributed by atoms with Crippen molar-refractivity contribution in [1.29, 1.82) is 0 Å². The quantitative estimate of drug-likeness (QED) is 0.662. The first-order valence-electron chi connectivity index (χ1n) is 9.18. The van der Waals surface area contributed by atoms with Crippen LogP contribution in [0.25, 0.3) is 0 Å². The first-order chi connectivity index (χ1) is 14.2. The van der Waals surface area contributed by atoms with Crippen LogP contribution < -0.4 is 10.6 Å². The molecule has 1 unspecified atom stereocenters. The Balaban J connectivity index is 1.78. The number of nitrogens with zero attached hydrogens (tertiary/aromatic N) is 3. The fraction of sp³-hybridized carbons (Fsp3) is 0.190. The maximum absolute atomic E-state index is 13.2. The van der Waals surface area contributed by atoms with E-state index in [4.69, 9.17) is 0 Å². The molecule has 1 aromatic heterocycles. The number of halogens is 3. The number of aromatic nitrogens is 3. The lowest BCUT2D eigenvalue weighted by Crippen LogP contribution is -2.31. The molecular formula is C21H18F3N5O. The first-order valence-corrected chi connectivity index (χ1v) is 9.18. The molecule has 6 nitrogen and oxygen atoms in total. The predicted octanol–water partition coefficient (Wildman–Crippen LogP) is 4.53. The zero-order valence-corrected chi connectivity index (χ0v) is 16.2. The van der Waals surface area contributed by atoms with Crippen LogP contribution in [0, 0.1) is 6.92 Å². The molecule has 154 valence electrons. The number of amides is 1. The van der Waals surface area contributed by atoms with Crippen LogP contribution in [-0.4, -0.2) is 20.7 Å². The second-order valence-corrected chi connectivity index (χ2v) is 7.00. The van der Waals surface area contributed by atoms with Crippen molar-refractivity contribution in [2.45, 2.75) is 26.1 Å². The number of aryl methyl sites for hydroxylation is 1. The largest absolute Gasteiger partial charge is 0.453 e. The Kier molecular flexibility index (Phi) is 4.81. The van der Waals surface area contributed by atoms with Crippen LogP contribution in [0.15, 0.2) is 65.9 Å². The van der Waals surface area contributed by atoms with Gasteiger partial charge in [-0.05, 0) is 31.5 Å². The van der Waals surface area contributed by atoms with Crippen molar-refractivity contribution < 1.29 is 18.0 Å². The topological polar surface area (TPSA) is 71.8 Å². The Morgan fingerprint density at radius 1 is 1.07 bits per heavy atom. The molecule has 4 rings (SSSR count). The van der Waals surface area contributed by atoms with Crippen molar-refractivity contribution in [2.24, 2.45) is 0 Å². The highest BCUT2D eigenvalue weighted by Crippen LogP contribution is 2.37. The summed E-state index contributed by atoms with van der Waals surface area (Å²) in [6, 6.07) is 15.1. The van der Waals surface area contributed by atoms with E-state index in [-0.39, 0.29) is 11.5 Å². The third-order valence-corrected chi connectivity index (χ3v) is 4.78. The Hall–Kier alpha value is -3.62. The fourth-order valence-electron chi connectivity index (χ4n) is 3.34. The van der Waals surface area contributed by atoms with Gasteiger partial charge in [-0.3, -0.25) is 4.79 Å². The molecular weight excluding hydrogens is 395 g/mol. The SMILES string of the molecule is CC1=C(C(=O)Nc2ccc(C)cc2)C(c2ccccc2)n2nc(C(F)(F)F)nc2N1. The van der Waals surface area contributed by atoms with Crippen LogP contribution in [0.4, 0.5) is 24.8 Å². The van der Waals surface area contributed by atoms with Crippen LogP contribution >= 0.6 is 0 Å². The van der Waals surface area contributed by atoms with Gasteiger partial charge in [-0.25, -0.2) is 4.68 Å². The molecule has 1 aliphatic rings. The fourth-order valence-corrected chi connectivity index (χ4v) is 3.34. The summed E-state index contributed by atoms with van der Waals surface area (Å²) in [6.45, 7) is 3.56. The molecule has 0 aliphatic carbocycles. The molecule has 0 bridgehead atoms. The van der Waals surface area contributed by atoms with Gasteiger partial charge < -0.3 is 10.6 Å². The van der Waals surface area contributed by atoms with Crippen LogP contribution in [0.2, 0.25) is 0 Å². The lowest BCUT2D eigenvalue weighted by molar-refractivity contribution is -0.145. The van der Waals surface area contributed by atoms with Crippen molar-refractivity contribution in [1.82, 2.24) is 14.8 Å². The smallest absolute Gasteiger partial charge is 0.328 e. The van der Waals surface area contributed by atoms with E-state index in [1.807, 2.05) is 19.1 Å². The molecule has 30 heavy (non-hydrogen) atoms. The van der Waals surface area contributed by atoms with Crippen molar-refractivity contribution in [3.05, 3.63) is 82.8 Å². The Bertz CT molecular complexity index is 1120. The zero-order valence-electron chi connectivity index (χ0n) is 16.2. The summed E-state index contributed by atoms with van der Waals surface area (Å²) < 4.78 is 40.8. The highest BCUT2D eigenvalue weighted by atomic mass is 19.4. The van der Waals surface area contributed by atoms with Gasteiger partial charge in [0.1, 0.15) is 6.04 Å². The van der Waals surface area contributed by atoms with Gasteiger partial charge in [0.25, 0.3) is 11.7 Å². The molecule has 2 N–H and O–H groups in total. The molecule has 1 aliphatic heterocycles. The Morgan fingerprint density at radius 3 is 2.37 bits per heavy atom. The number of fused-ring (bicyclic) bond motifs is 1. The number of carbonyl (C=O) groups excluding carboxylic acids is 1. The minimum Gasteiger partial charge on any atom is -0.328 e. The molecule has 0 radical (unpaired) electrons. The third-order valence-electron chi connectivity index (χ3n) is 4.78. The molecule has 2 heterocycles. The molecule has 1 atom stereocenters. The third kappa shape index (κ3) is 3.66. The number of benzene rings is 2. The van der Waals surface area contributed by atoms with Gasteiger partial charge in [0.15, 0.2) is 0 Å². The average molecular weight is 413 g/mol. The zero-order chi connectivity index (χ0) is 21.5. The summed E-state index contributed by atoms with van der Waals surface area (Å²) in [5.41, 5.74) is 2.90. The average Bonchev–Trinajstić information content (AvgIpc) is 3.13. The lowest BCUT2D eigenvalue weighted by atomic mass is 9.95. The number of hydrogen-bond acceptors (Lipinski definition) is 4. The second-order valence-electron chi connectivity index (χ2n) is 7.00. The minimum absolute atomic E-state index is 0.0689. The Labute approximate surface area is 170 Å². The predicted molar refractivity (Wildman–Crippen MR) is 106 cm³/mol. The number of hydrogen-bond donors (Lipinski definition) is 2. The lowest BCUT2D eigenvalue weighted by Gasteiger charge is -2.28. The normalized spacial score (nSPS) is 16.1. The number of allylic oxidation sites excluding steroid dienone is 1. The van der Waals surface area contributed by atoms with Gasteiger partial charge in [0, 0.05) is 11.4 Å². The molecule has 1 amide bonds. The molecule has 3 aromatic rings. The van der Waals surface area contributed by atoms with Crippen molar-refractivity contribution in [2.75, 3.05) is 10.6 Å².